The highest BCUT2D eigenvalue weighted by Crippen LogP contribution is 2.27. The number of rotatable bonds is 4. The molecule has 5 nitrogen and oxygen atoms in total. The van der Waals surface area contributed by atoms with E-state index in [-0.39, 0.29) is 18.4 Å². The van der Waals surface area contributed by atoms with Crippen molar-refractivity contribution in [3.05, 3.63) is 38.9 Å². The van der Waals surface area contributed by atoms with Gasteiger partial charge in [-0.05, 0) is 25.5 Å². The number of piperidine rings is 1. The molecule has 1 heterocycles. The molecule has 1 N–H and O–H groups in total. The summed E-state index contributed by atoms with van der Waals surface area (Å²) < 4.78 is 5.69. The molecule has 2 rings (SSSR count). The van der Waals surface area contributed by atoms with Gasteiger partial charge in [-0.15, -0.1) is 0 Å². The van der Waals surface area contributed by atoms with Gasteiger partial charge in [-0.25, -0.2) is 0 Å². The Morgan fingerprint density at radius 3 is 3.06 bits per heavy atom. The van der Waals surface area contributed by atoms with Gasteiger partial charge >= 0.3 is 0 Å². The van der Waals surface area contributed by atoms with Crippen LogP contribution in [0, 0.1) is 10.1 Å². The largest absolute Gasteiger partial charge is 0.372 e. The third-order valence-corrected chi connectivity index (χ3v) is 3.36. The normalized spacial score (nSPS) is 19.7. The standard InChI is InChI=1S/C12H15ClN2O3/c13-11-4-1-5-12(15(16)17)10(11)8-18-9-3-2-6-14-7-9/h1,4-5,9,14H,2-3,6-8H2/t9-/m0/s1. The average molecular weight is 271 g/mol. The Kier molecular flexibility index (Phi) is 4.52. The number of halogens is 1. The zero-order valence-corrected chi connectivity index (χ0v) is 10.7. The maximum absolute atomic E-state index is 10.9. The van der Waals surface area contributed by atoms with Crippen LogP contribution in [0.1, 0.15) is 18.4 Å². The van der Waals surface area contributed by atoms with Crippen LogP contribution < -0.4 is 5.32 Å². The van der Waals surface area contributed by atoms with Crippen LogP contribution in [0.3, 0.4) is 0 Å². The molecule has 6 heteroatoms. The molecule has 98 valence electrons. The fourth-order valence-corrected chi connectivity index (χ4v) is 2.25. The molecule has 1 atom stereocenters. The lowest BCUT2D eigenvalue weighted by Gasteiger charge is -2.23. The van der Waals surface area contributed by atoms with Gasteiger partial charge in [-0.1, -0.05) is 17.7 Å². The molecule has 0 amide bonds. The van der Waals surface area contributed by atoms with Crippen LogP contribution in [-0.2, 0) is 11.3 Å². The van der Waals surface area contributed by atoms with Gasteiger partial charge in [0.05, 0.1) is 28.2 Å². The Morgan fingerprint density at radius 1 is 1.56 bits per heavy atom. The van der Waals surface area contributed by atoms with Gasteiger partial charge in [0.15, 0.2) is 0 Å². The van der Waals surface area contributed by atoms with E-state index in [1.165, 1.54) is 6.07 Å². The smallest absolute Gasteiger partial charge is 0.276 e. The van der Waals surface area contributed by atoms with Gasteiger partial charge in [0, 0.05) is 12.6 Å². The van der Waals surface area contributed by atoms with Gasteiger partial charge in [0.1, 0.15) is 0 Å². The summed E-state index contributed by atoms with van der Waals surface area (Å²) in [7, 11) is 0. The van der Waals surface area contributed by atoms with E-state index in [1.54, 1.807) is 12.1 Å². The number of hydrogen-bond donors (Lipinski definition) is 1. The summed E-state index contributed by atoms with van der Waals surface area (Å²) >= 11 is 5.99. The quantitative estimate of drug-likeness (QED) is 0.674. The molecule has 1 fully saturated rings. The summed E-state index contributed by atoms with van der Waals surface area (Å²) in [5.74, 6) is 0. The Labute approximate surface area is 110 Å². The first-order valence-corrected chi connectivity index (χ1v) is 6.30. The highest BCUT2D eigenvalue weighted by atomic mass is 35.5. The summed E-state index contributed by atoms with van der Waals surface area (Å²) in [6.07, 6.45) is 2.15. The molecule has 0 unspecified atom stereocenters. The van der Waals surface area contributed by atoms with Crippen molar-refractivity contribution >= 4 is 17.3 Å². The lowest BCUT2D eigenvalue weighted by atomic mass is 10.1. The highest BCUT2D eigenvalue weighted by molar-refractivity contribution is 6.31. The van der Waals surface area contributed by atoms with E-state index >= 15 is 0 Å². The molecule has 1 aliphatic rings. The molecule has 18 heavy (non-hydrogen) atoms. The predicted molar refractivity (Wildman–Crippen MR) is 68.8 cm³/mol. The first-order chi connectivity index (χ1) is 8.68. The zero-order valence-electron chi connectivity index (χ0n) is 9.89. The van der Waals surface area contributed by atoms with Crippen molar-refractivity contribution in [2.24, 2.45) is 0 Å². The summed E-state index contributed by atoms with van der Waals surface area (Å²) in [5, 5.41) is 14.5. The minimum Gasteiger partial charge on any atom is -0.372 e. The van der Waals surface area contributed by atoms with Crippen LogP contribution in [0.2, 0.25) is 5.02 Å². The maximum Gasteiger partial charge on any atom is 0.276 e. The second kappa shape index (κ2) is 6.13. The van der Waals surface area contributed by atoms with Crippen LogP contribution in [0.4, 0.5) is 5.69 Å². The minimum atomic E-state index is -0.427. The van der Waals surface area contributed by atoms with E-state index in [9.17, 15) is 10.1 Å². The van der Waals surface area contributed by atoms with Gasteiger partial charge < -0.3 is 10.1 Å². The third kappa shape index (κ3) is 3.19. The zero-order chi connectivity index (χ0) is 13.0. The third-order valence-electron chi connectivity index (χ3n) is 3.01. The maximum atomic E-state index is 10.9. The number of nitro benzene ring substituents is 1. The molecule has 0 spiro atoms. The Morgan fingerprint density at radius 2 is 2.39 bits per heavy atom. The van der Waals surface area contributed by atoms with Crippen molar-refractivity contribution in [3.8, 4) is 0 Å². The van der Waals surface area contributed by atoms with E-state index in [1.807, 2.05) is 0 Å². The Hall–Kier alpha value is -1.17. The second-order valence-electron chi connectivity index (χ2n) is 4.27. The molecular formula is C12H15ClN2O3. The van der Waals surface area contributed by atoms with Gasteiger partial charge in [0.25, 0.3) is 5.69 Å². The van der Waals surface area contributed by atoms with E-state index < -0.39 is 4.92 Å². The molecule has 1 aromatic carbocycles. The van der Waals surface area contributed by atoms with E-state index in [2.05, 4.69) is 5.32 Å². The highest BCUT2D eigenvalue weighted by Gasteiger charge is 2.19. The first-order valence-electron chi connectivity index (χ1n) is 5.92. The summed E-state index contributed by atoms with van der Waals surface area (Å²) in [4.78, 5) is 10.5. The molecule has 0 aromatic heterocycles. The molecule has 0 aliphatic carbocycles. The van der Waals surface area contributed by atoms with Crippen LogP contribution >= 0.6 is 11.6 Å². The van der Waals surface area contributed by atoms with Crippen molar-refractivity contribution in [1.29, 1.82) is 0 Å². The molecule has 1 saturated heterocycles. The van der Waals surface area contributed by atoms with E-state index in [4.69, 9.17) is 16.3 Å². The monoisotopic (exact) mass is 270 g/mol. The van der Waals surface area contributed by atoms with Gasteiger partial charge in [-0.3, -0.25) is 10.1 Å². The molecule has 1 aliphatic heterocycles. The number of ether oxygens (including phenoxy) is 1. The Bertz CT molecular complexity index is 433. The fraction of sp³-hybridized carbons (Fsp3) is 0.500. The van der Waals surface area contributed by atoms with Crippen molar-refractivity contribution < 1.29 is 9.66 Å². The van der Waals surface area contributed by atoms with E-state index in [0.717, 1.165) is 25.9 Å². The molecule has 0 saturated carbocycles. The minimum absolute atomic E-state index is 0.0197. The van der Waals surface area contributed by atoms with Gasteiger partial charge in [0.2, 0.25) is 0 Å². The summed E-state index contributed by atoms with van der Waals surface area (Å²) in [6, 6.07) is 4.67. The molecular weight excluding hydrogens is 256 g/mol. The number of nitro groups is 1. The predicted octanol–water partition coefficient (Wildman–Crippen LogP) is 2.52. The van der Waals surface area contributed by atoms with Crippen LogP contribution in [0.15, 0.2) is 18.2 Å². The number of nitrogens with zero attached hydrogens (tertiary/aromatic N) is 1. The van der Waals surface area contributed by atoms with Crippen molar-refractivity contribution in [2.45, 2.75) is 25.6 Å². The first kappa shape index (κ1) is 13.3. The lowest BCUT2D eigenvalue weighted by molar-refractivity contribution is -0.386. The van der Waals surface area contributed by atoms with Crippen LogP contribution in [0.25, 0.3) is 0 Å². The van der Waals surface area contributed by atoms with Gasteiger partial charge in [-0.2, -0.15) is 0 Å². The number of hydrogen-bond acceptors (Lipinski definition) is 4. The molecule has 0 bridgehead atoms. The summed E-state index contributed by atoms with van der Waals surface area (Å²) in [5.41, 5.74) is 0.473. The van der Waals surface area contributed by atoms with Crippen molar-refractivity contribution in [3.63, 3.8) is 0 Å². The molecule has 0 radical (unpaired) electrons. The number of nitrogens with one attached hydrogen (secondary N) is 1. The van der Waals surface area contributed by atoms with Crippen molar-refractivity contribution in [2.75, 3.05) is 13.1 Å². The van der Waals surface area contributed by atoms with Crippen LogP contribution in [-0.4, -0.2) is 24.1 Å². The van der Waals surface area contributed by atoms with Crippen LogP contribution in [0.5, 0.6) is 0 Å². The second-order valence-corrected chi connectivity index (χ2v) is 4.68. The lowest BCUT2D eigenvalue weighted by Crippen LogP contribution is -2.35. The van der Waals surface area contributed by atoms with E-state index in [0.29, 0.717) is 10.6 Å². The fourth-order valence-electron chi connectivity index (χ4n) is 2.02. The average Bonchev–Trinajstić information content (AvgIpc) is 2.38. The SMILES string of the molecule is O=[N+]([O-])c1cccc(Cl)c1CO[C@H]1CCCNC1. The molecule has 1 aromatic rings. The Balaban J connectivity index is 2.05. The van der Waals surface area contributed by atoms with Crippen molar-refractivity contribution in [1.82, 2.24) is 5.32 Å². The summed E-state index contributed by atoms with van der Waals surface area (Å²) in [6.45, 7) is 1.98. The topological polar surface area (TPSA) is 64.4 Å². The number of benzene rings is 1.